The number of hydrogen-bond acceptors (Lipinski definition) is 4. The van der Waals surface area contributed by atoms with Gasteiger partial charge in [0.2, 0.25) is 11.8 Å². The van der Waals surface area contributed by atoms with Gasteiger partial charge >= 0.3 is 0 Å². The van der Waals surface area contributed by atoms with Gasteiger partial charge in [0.1, 0.15) is 0 Å². The molecule has 0 saturated carbocycles. The maximum atomic E-state index is 11.7. The normalized spacial score (nSPS) is 10.2. The van der Waals surface area contributed by atoms with Gasteiger partial charge in [-0.25, -0.2) is 0 Å². The van der Waals surface area contributed by atoms with Gasteiger partial charge in [-0.1, -0.05) is 6.07 Å². The molecule has 0 aliphatic heterocycles. The second kappa shape index (κ2) is 6.61. The molecule has 0 saturated heterocycles. The number of likely N-dealkylation sites (N-methyl/N-ethyl adjacent to an activating group) is 2. The first-order chi connectivity index (χ1) is 8.51. The summed E-state index contributed by atoms with van der Waals surface area (Å²) in [6.07, 6.45) is 0. The number of carbonyl (C=O) groups excluding carboxylic acids is 2. The lowest BCUT2D eigenvalue weighted by molar-refractivity contribution is -0.122. The zero-order chi connectivity index (χ0) is 13.5. The topological polar surface area (TPSA) is 87.5 Å². The first-order valence-corrected chi connectivity index (χ1v) is 5.56. The van der Waals surface area contributed by atoms with Crippen LogP contribution >= 0.6 is 0 Å². The molecule has 1 rings (SSSR count). The maximum absolute atomic E-state index is 11.7. The average Bonchev–Trinajstić information content (AvgIpc) is 2.28. The van der Waals surface area contributed by atoms with Crippen molar-refractivity contribution in [3.8, 4) is 0 Å². The van der Waals surface area contributed by atoms with Crippen molar-refractivity contribution >= 4 is 23.2 Å². The molecule has 0 fully saturated rings. The largest absolute Gasteiger partial charge is 0.399 e. The third-order valence-electron chi connectivity index (χ3n) is 2.28. The number of anilines is 2. The SMILES string of the molecule is CNC(=O)CN(C)CC(=O)Nc1cccc(N)c1. The number of nitrogens with one attached hydrogen (secondary N) is 2. The van der Waals surface area contributed by atoms with Crippen LogP contribution in [-0.4, -0.2) is 43.9 Å². The fourth-order valence-corrected chi connectivity index (χ4v) is 1.44. The van der Waals surface area contributed by atoms with Crippen LogP contribution in [0.5, 0.6) is 0 Å². The summed E-state index contributed by atoms with van der Waals surface area (Å²) >= 11 is 0. The molecule has 0 aliphatic carbocycles. The van der Waals surface area contributed by atoms with Crippen molar-refractivity contribution in [3.63, 3.8) is 0 Å². The highest BCUT2D eigenvalue weighted by molar-refractivity contribution is 5.93. The van der Waals surface area contributed by atoms with Crippen LogP contribution in [0.2, 0.25) is 0 Å². The van der Waals surface area contributed by atoms with Crippen molar-refractivity contribution in [2.45, 2.75) is 0 Å². The van der Waals surface area contributed by atoms with E-state index in [1.807, 2.05) is 0 Å². The van der Waals surface area contributed by atoms with E-state index in [1.165, 1.54) is 0 Å². The Labute approximate surface area is 106 Å². The second-order valence-corrected chi connectivity index (χ2v) is 4.02. The summed E-state index contributed by atoms with van der Waals surface area (Å²) in [7, 11) is 3.26. The number of hydrogen-bond donors (Lipinski definition) is 3. The minimum atomic E-state index is -0.188. The van der Waals surface area contributed by atoms with Crippen molar-refractivity contribution in [2.24, 2.45) is 0 Å². The number of nitrogen functional groups attached to an aromatic ring is 1. The lowest BCUT2D eigenvalue weighted by atomic mass is 10.3. The molecule has 1 aromatic carbocycles. The van der Waals surface area contributed by atoms with E-state index in [0.29, 0.717) is 11.4 Å². The summed E-state index contributed by atoms with van der Waals surface area (Å²) in [4.78, 5) is 24.4. The number of amides is 2. The minimum absolute atomic E-state index is 0.130. The van der Waals surface area contributed by atoms with Gasteiger partial charge in [-0.05, 0) is 25.2 Å². The first kappa shape index (κ1) is 14.0. The van der Waals surface area contributed by atoms with Crippen molar-refractivity contribution in [1.29, 1.82) is 0 Å². The van der Waals surface area contributed by atoms with Crippen molar-refractivity contribution in [1.82, 2.24) is 10.2 Å². The van der Waals surface area contributed by atoms with Gasteiger partial charge in [-0.3, -0.25) is 14.5 Å². The summed E-state index contributed by atoms with van der Waals surface area (Å²) in [5.41, 5.74) is 6.84. The van der Waals surface area contributed by atoms with E-state index < -0.39 is 0 Å². The van der Waals surface area contributed by atoms with E-state index in [-0.39, 0.29) is 24.9 Å². The molecule has 0 bridgehead atoms. The van der Waals surface area contributed by atoms with Gasteiger partial charge in [0.05, 0.1) is 13.1 Å². The van der Waals surface area contributed by atoms with Crippen LogP contribution in [0.15, 0.2) is 24.3 Å². The van der Waals surface area contributed by atoms with Crippen molar-refractivity contribution < 1.29 is 9.59 Å². The number of benzene rings is 1. The van der Waals surface area contributed by atoms with Gasteiger partial charge in [-0.15, -0.1) is 0 Å². The van der Waals surface area contributed by atoms with Crippen molar-refractivity contribution in [2.75, 3.05) is 38.2 Å². The molecule has 6 nitrogen and oxygen atoms in total. The van der Waals surface area contributed by atoms with Crippen LogP contribution in [-0.2, 0) is 9.59 Å². The molecule has 98 valence electrons. The third kappa shape index (κ3) is 4.84. The van der Waals surface area contributed by atoms with Crippen molar-refractivity contribution in [3.05, 3.63) is 24.3 Å². The molecular weight excluding hydrogens is 232 g/mol. The molecule has 0 aliphatic rings. The maximum Gasteiger partial charge on any atom is 0.238 e. The fraction of sp³-hybridized carbons (Fsp3) is 0.333. The Morgan fingerprint density at radius 2 is 1.94 bits per heavy atom. The van der Waals surface area contributed by atoms with Gasteiger partial charge in [0, 0.05) is 18.4 Å². The Kier molecular flexibility index (Phi) is 5.13. The average molecular weight is 250 g/mol. The third-order valence-corrected chi connectivity index (χ3v) is 2.28. The second-order valence-electron chi connectivity index (χ2n) is 4.02. The highest BCUT2D eigenvalue weighted by atomic mass is 16.2. The number of nitrogens with zero attached hydrogens (tertiary/aromatic N) is 1. The Bertz CT molecular complexity index is 434. The molecule has 0 heterocycles. The van der Waals surface area contributed by atoms with E-state index in [0.717, 1.165) is 0 Å². The summed E-state index contributed by atoms with van der Waals surface area (Å²) < 4.78 is 0. The summed E-state index contributed by atoms with van der Waals surface area (Å²) in [5, 5.41) is 5.21. The number of carbonyl (C=O) groups is 2. The number of rotatable bonds is 5. The molecule has 0 spiro atoms. The summed E-state index contributed by atoms with van der Waals surface area (Å²) in [6.45, 7) is 0.322. The van der Waals surface area contributed by atoms with Crippen LogP contribution < -0.4 is 16.4 Å². The van der Waals surface area contributed by atoms with E-state index in [4.69, 9.17) is 5.73 Å². The highest BCUT2D eigenvalue weighted by Crippen LogP contribution is 2.11. The van der Waals surface area contributed by atoms with Gasteiger partial charge < -0.3 is 16.4 Å². The molecule has 2 amide bonds. The van der Waals surface area contributed by atoms with Crippen LogP contribution in [0.1, 0.15) is 0 Å². The predicted octanol–water partition coefficient (Wildman–Crippen LogP) is -0.115. The summed E-state index contributed by atoms with van der Waals surface area (Å²) in [6, 6.07) is 6.94. The Hall–Kier alpha value is -2.08. The Morgan fingerprint density at radius 1 is 1.28 bits per heavy atom. The quantitative estimate of drug-likeness (QED) is 0.636. The van der Waals surface area contributed by atoms with E-state index >= 15 is 0 Å². The van der Waals surface area contributed by atoms with Crippen LogP contribution in [0, 0.1) is 0 Å². The smallest absolute Gasteiger partial charge is 0.238 e. The van der Waals surface area contributed by atoms with Crippen LogP contribution in [0.3, 0.4) is 0 Å². The lowest BCUT2D eigenvalue weighted by Crippen LogP contribution is -2.37. The molecule has 0 radical (unpaired) electrons. The standard InChI is InChI=1S/C12H18N4O2/c1-14-11(17)7-16(2)8-12(18)15-10-5-3-4-9(13)6-10/h3-6H,7-8,13H2,1-2H3,(H,14,17)(H,15,18). The van der Waals surface area contributed by atoms with Gasteiger partial charge in [-0.2, -0.15) is 0 Å². The Balaban J connectivity index is 2.44. The van der Waals surface area contributed by atoms with E-state index in [2.05, 4.69) is 10.6 Å². The number of nitrogens with two attached hydrogens (primary N) is 1. The Morgan fingerprint density at radius 3 is 2.56 bits per heavy atom. The van der Waals surface area contributed by atoms with E-state index in [9.17, 15) is 9.59 Å². The molecule has 1 aromatic rings. The van der Waals surface area contributed by atoms with Crippen LogP contribution in [0.25, 0.3) is 0 Å². The van der Waals surface area contributed by atoms with Gasteiger partial charge in [0.15, 0.2) is 0 Å². The predicted molar refractivity (Wildman–Crippen MR) is 71.0 cm³/mol. The monoisotopic (exact) mass is 250 g/mol. The lowest BCUT2D eigenvalue weighted by Gasteiger charge is -2.15. The highest BCUT2D eigenvalue weighted by Gasteiger charge is 2.09. The zero-order valence-corrected chi connectivity index (χ0v) is 10.6. The molecule has 18 heavy (non-hydrogen) atoms. The zero-order valence-electron chi connectivity index (χ0n) is 10.6. The molecule has 0 atom stereocenters. The summed E-state index contributed by atoms with van der Waals surface area (Å²) in [5.74, 6) is -0.318. The molecule has 6 heteroatoms. The molecular formula is C12H18N4O2. The van der Waals surface area contributed by atoms with Gasteiger partial charge in [0.25, 0.3) is 0 Å². The van der Waals surface area contributed by atoms with Crippen LogP contribution in [0.4, 0.5) is 11.4 Å². The van der Waals surface area contributed by atoms with E-state index in [1.54, 1.807) is 43.3 Å². The molecule has 4 N–H and O–H groups in total. The molecule has 0 unspecified atom stereocenters. The minimum Gasteiger partial charge on any atom is -0.399 e. The fourth-order valence-electron chi connectivity index (χ4n) is 1.44. The molecule has 0 aromatic heterocycles. The first-order valence-electron chi connectivity index (χ1n) is 5.56.